The number of hydrogen-bond donors (Lipinski definition) is 3. The van der Waals surface area contributed by atoms with Crippen LogP contribution in [0.15, 0.2) is 24.7 Å². The predicted octanol–water partition coefficient (Wildman–Crippen LogP) is 0.711. The topological polar surface area (TPSA) is 83.8 Å². The Hall–Kier alpha value is -2.10. The number of aromatic amines is 1. The van der Waals surface area contributed by atoms with Crippen LogP contribution >= 0.6 is 11.3 Å². The smallest absolute Gasteiger partial charge is 0.261 e. The maximum Gasteiger partial charge on any atom is 0.261 e. The SMILES string of the molecule is NCC#Cc1ccc(C(=O)NCc2cnc[nH]2)s1. The summed E-state index contributed by atoms with van der Waals surface area (Å²) in [5.41, 5.74) is 6.15. The Morgan fingerprint density at radius 2 is 2.44 bits per heavy atom. The first-order chi connectivity index (χ1) is 8.79. The maximum atomic E-state index is 11.8. The largest absolute Gasteiger partial charge is 0.347 e. The molecule has 5 nitrogen and oxygen atoms in total. The van der Waals surface area contributed by atoms with Crippen molar-refractivity contribution >= 4 is 17.2 Å². The Balaban J connectivity index is 1.94. The van der Waals surface area contributed by atoms with E-state index in [9.17, 15) is 4.79 Å². The molecule has 0 atom stereocenters. The van der Waals surface area contributed by atoms with Crippen molar-refractivity contribution in [1.29, 1.82) is 0 Å². The van der Waals surface area contributed by atoms with E-state index in [1.165, 1.54) is 11.3 Å². The zero-order chi connectivity index (χ0) is 12.8. The van der Waals surface area contributed by atoms with Gasteiger partial charge in [0.15, 0.2) is 0 Å². The van der Waals surface area contributed by atoms with Crippen LogP contribution in [-0.2, 0) is 6.54 Å². The minimum atomic E-state index is -0.115. The first-order valence-corrected chi connectivity index (χ1v) is 6.15. The Morgan fingerprint density at radius 1 is 1.56 bits per heavy atom. The van der Waals surface area contributed by atoms with Crippen molar-refractivity contribution < 1.29 is 4.79 Å². The first kappa shape index (κ1) is 12.4. The van der Waals surface area contributed by atoms with E-state index < -0.39 is 0 Å². The molecule has 0 fully saturated rings. The monoisotopic (exact) mass is 260 g/mol. The molecule has 2 heterocycles. The molecule has 0 saturated heterocycles. The number of nitrogens with two attached hydrogens (primary N) is 1. The maximum absolute atomic E-state index is 11.8. The second-order valence-corrected chi connectivity index (χ2v) is 4.51. The molecule has 0 aliphatic rings. The van der Waals surface area contributed by atoms with Gasteiger partial charge in [0.2, 0.25) is 0 Å². The molecule has 1 amide bonds. The molecule has 4 N–H and O–H groups in total. The molecule has 0 unspecified atom stereocenters. The summed E-state index contributed by atoms with van der Waals surface area (Å²) in [5, 5.41) is 2.80. The molecule has 0 saturated carbocycles. The van der Waals surface area contributed by atoms with Crippen LogP contribution in [0.1, 0.15) is 20.2 Å². The predicted molar refractivity (Wildman–Crippen MR) is 70.0 cm³/mol. The second kappa shape index (κ2) is 6.00. The van der Waals surface area contributed by atoms with Crippen LogP contribution in [0.3, 0.4) is 0 Å². The molecule has 2 rings (SSSR count). The van der Waals surface area contributed by atoms with E-state index in [0.717, 1.165) is 10.6 Å². The van der Waals surface area contributed by atoms with E-state index in [0.29, 0.717) is 18.0 Å². The molecule has 0 aliphatic heterocycles. The summed E-state index contributed by atoms with van der Waals surface area (Å²) in [4.78, 5) is 20.1. The number of amides is 1. The normalized spacial score (nSPS) is 9.61. The van der Waals surface area contributed by atoms with Crippen molar-refractivity contribution in [2.75, 3.05) is 6.54 Å². The summed E-state index contributed by atoms with van der Waals surface area (Å²) >= 11 is 1.35. The number of nitrogens with one attached hydrogen (secondary N) is 2. The number of nitrogens with zero attached hydrogens (tertiary/aromatic N) is 1. The third-order valence-corrected chi connectivity index (χ3v) is 3.14. The van der Waals surface area contributed by atoms with Gasteiger partial charge in [-0.25, -0.2) is 4.98 Å². The average molecular weight is 260 g/mol. The highest BCUT2D eigenvalue weighted by atomic mass is 32.1. The minimum Gasteiger partial charge on any atom is -0.347 e. The van der Waals surface area contributed by atoms with E-state index >= 15 is 0 Å². The first-order valence-electron chi connectivity index (χ1n) is 5.34. The van der Waals surface area contributed by atoms with Gasteiger partial charge in [0.05, 0.1) is 34.9 Å². The molecule has 0 aliphatic carbocycles. The Labute approximate surface area is 108 Å². The summed E-state index contributed by atoms with van der Waals surface area (Å²) in [6, 6.07) is 3.58. The number of imidazole rings is 1. The van der Waals surface area contributed by atoms with Gasteiger partial charge >= 0.3 is 0 Å². The summed E-state index contributed by atoms with van der Waals surface area (Å²) in [6.07, 6.45) is 3.25. The van der Waals surface area contributed by atoms with Crippen LogP contribution in [-0.4, -0.2) is 22.4 Å². The van der Waals surface area contributed by atoms with Crippen molar-refractivity contribution in [3.05, 3.63) is 40.1 Å². The van der Waals surface area contributed by atoms with Gasteiger partial charge in [-0.15, -0.1) is 11.3 Å². The fraction of sp³-hybridized carbons (Fsp3) is 0.167. The summed E-state index contributed by atoms with van der Waals surface area (Å²) in [5.74, 6) is 5.54. The van der Waals surface area contributed by atoms with Crippen molar-refractivity contribution in [3.63, 3.8) is 0 Å². The van der Waals surface area contributed by atoms with Crippen molar-refractivity contribution in [2.24, 2.45) is 5.73 Å². The summed E-state index contributed by atoms with van der Waals surface area (Å²) in [7, 11) is 0. The van der Waals surface area contributed by atoms with E-state index in [1.807, 2.05) is 6.07 Å². The van der Waals surface area contributed by atoms with Gasteiger partial charge in [0.1, 0.15) is 0 Å². The molecule has 0 radical (unpaired) electrons. The lowest BCUT2D eigenvalue weighted by molar-refractivity contribution is 0.0954. The van der Waals surface area contributed by atoms with Crippen LogP contribution in [0.4, 0.5) is 0 Å². The lowest BCUT2D eigenvalue weighted by atomic mass is 10.4. The number of carbonyl (C=O) groups excluding carboxylic acids is 1. The fourth-order valence-corrected chi connectivity index (χ4v) is 2.11. The van der Waals surface area contributed by atoms with Crippen molar-refractivity contribution in [3.8, 4) is 11.8 Å². The van der Waals surface area contributed by atoms with Crippen molar-refractivity contribution in [2.45, 2.75) is 6.54 Å². The molecule has 0 aromatic carbocycles. The number of aromatic nitrogens is 2. The number of thiophene rings is 1. The molecule has 0 spiro atoms. The third-order valence-electron chi connectivity index (χ3n) is 2.14. The molecule has 2 aromatic rings. The fourth-order valence-electron chi connectivity index (χ4n) is 1.31. The number of hydrogen-bond acceptors (Lipinski definition) is 4. The van der Waals surface area contributed by atoms with Crippen LogP contribution in [0.5, 0.6) is 0 Å². The van der Waals surface area contributed by atoms with Gasteiger partial charge in [-0.1, -0.05) is 11.8 Å². The summed E-state index contributed by atoms with van der Waals surface area (Å²) in [6.45, 7) is 0.750. The number of carbonyl (C=O) groups is 1. The number of H-pyrrole nitrogens is 1. The van der Waals surface area contributed by atoms with Crippen molar-refractivity contribution in [1.82, 2.24) is 15.3 Å². The molecule has 2 aromatic heterocycles. The van der Waals surface area contributed by atoms with Gasteiger partial charge in [0.25, 0.3) is 5.91 Å². The zero-order valence-electron chi connectivity index (χ0n) is 9.56. The van der Waals surface area contributed by atoms with Crippen LogP contribution in [0, 0.1) is 11.8 Å². The molecule has 0 bridgehead atoms. The Bertz CT molecular complexity index is 577. The molecule has 6 heteroatoms. The van der Waals surface area contributed by atoms with E-state index in [2.05, 4.69) is 27.1 Å². The van der Waals surface area contributed by atoms with Crippen LogP contribution < -0.4 is 11.1 Å². The molecule has 92 valence electrons. The standard InChI is InChI=1S/C12H12N4OS/c13-5-1-2-10-3-4-11(18-10)12(17)15-7-9-6-14-8-16-9/h3-4,6,8H,5,7,13H2,(H,14,16)(H,15,17). The molecule has 18 heavy (non-hydrogen) atoms. The highest BCUT2D eigenvalue weighted by Crippen LogP contribution is 2.15. The molecular weight excluding hydrogens is 248 g/mol. The highest BCUT2D eigenvalue weighted by Gasteiger charge is 2.08. The second-order valence-electron chi connectivity index (χ2n) is 3.43. The number of rotatable bonds is 3. The van der Waals surface area contributed by atoms with Crippen LogP contribution in [0.2, 0.25) is 0 Å². The van der Waals surface area contributed by atoms with Gasteiger partial charge in [-0.3, -0.25) is 4.79 Å². The van der Waals surface area contributed by atoms with Gasteiger partial charge < -0.3 is 16.0 Å². The molecular formula is C12H12N4OS. The Kier molecular flexibility index (Phi) is 4.12. The minimum absolute atomic E-state index is 0.115. The van der Waals surface area contributed by atoms with E-state index in [1.54, 1.807) is 18.6 Å². The van der Waals surface area contributed by atoms with E-state index in [4.69, 9.17) is 5.73 Å². The van der Waals surface area contributed by atoms with Gasteiger partial charge in [-0.05, 0) is 12.1 Å². The Morgan fingerprint density at radius 3 is 3.17 bits per heavy atom. The highest BCUT2D eigenvalue weighted by molar-refractivity contribution is 7.14. The average Bonchev–Trinajstić information content (AvgIpc) is 3.04. The van der Waals surface area contributed by atoms with Gasteiger partial charge in [0, 0.05) is 6.20 Å². The third kappa shape index (κ3) is 3.20. The quantitative estimate of drug-likeness (QED) is 0.711. The van der Waals surface area contributed by atoms with Gasteiger partial charge in [-0.2, -0.15) is 0 Å². The van der Waals surface area contributed by atoms with Crippen LogP contribution in [0.25, 0.3) is 0 Å². The van der Waals surface area contributed by atoms with E-state index in [-0.39, 0.29) is 5.91 Å². The lowest BCUT2D eigenvalue weighted by Gasteiger charge is -2.00. The lowest BCUT2D eigenvalue weighted by Crippen LogP contribution is -2.21. The zero-order valence-corrected chi connectivity index (χ0v) is 10.4. The summed E-state index contributed by atoms with van der Waals surface area (Å²) < 4.78 is 0.